The second-order valence-corrected chi connectivity index (χ2v) is 7.05. The zero-order valence-corrected chi connectivity index (χ0v) is 11.2. The zero-order valence-electron chi connectivity index (χ0n) is 8.76. The first-order valence-corrected chi connectivity index (χ1v) is 6.28. The molecule has 14 heavy (non-hydrogen) atoms. The molecule has 1 nitrogen and oxygen atoms in total. The lowest BCUT2D eigenvalue weighted by atomic mass is 9.89. The Morgan fingerprint density at radius 2 is 2.07 bits per heavy atom. The summed E-state index contributed by atoms with van der Waals surface area (Å²) < 4.78 is 1.02. The van der Waals surface area contributed by atoms with Gasteiger partial charge in [-0.2, -0.15) is 0 Å². The maximum atomic E-state index is 11.7. The Morgan fingerprint density at radius 1 is 1.43 bits per heavy atom. The quantitative estimate of drug-likeness (QED) is 0.741. The average Bonchev–Trinajstić information content (AvgIpc) is 2.46. The molecule has 1 heterocycles. The number of Topliss-reactive ketones (excluding diaryl/α,β-unsaturated/α-hetero) is 1. The molecular weight excluding hydrogens is 260 g/mol. The number of carbonyl (C=O) groups is 1. The van der Waals surface area contributed by atoms with Crippen molar-refractivity contribution in [1.82, 2.24) is 0 Å². The van der Waals surface area contributed by atoms with Gasteiger partial charge in [0.15, 0.2) is 5.78 Å². The minimum atomic E-state index is 0.240. The lowest BCUT2D eigenvalue weighted by molar-refractivity contribution is 0.0970. The molecule has 0 aromatic carbocycles. The number of hydrogen-bond donors (Lipinski definition) is 0. The molecule has 0 unspecified atom stereocenters. The van der Waals surface area contributed by atoms with Gasteiger partial charge in [-0.25, -0.2) is 0 Å². The fourth-order valence-corrected chi connectivity index (χ4v) is 2.43. The van der Waals surface area contributed by atoms with Crippen LogP contribution in [0.5, 0.6) is 0 Å². The summed E-state index contributed by atoms with van der Waals surface area (Å²) in [4.78, 5) is 12.6. The normalized spacial score (nSPS) is 11.7. The summed E-state index contributed by atoms with van der Waals surface area (Å²) >= 11 is 4.87. The fraction of sp³-hybridized carbons (Fsp3) is 0.545. The highest BCUT2D eigenvalue weighted by molar-refractivity contribution is 9.11. The smallest absolute Gasteiger partial charge is 0.172 e. The van der Waals surface area contributed by atoms with Gasteiger partial charge in [-0.15, -0.1) is 11.3 Å². The highest BCUT2D eigenvalue weighted by Gasteiger charge is 2.14. The van der Waals surface area contributed by atoms with Crippen LogP contribution in [0.15, 0.2) is 15.9 Å². The summed E-state index contributed by atoms with van der Waals surface area (Å²) in [6, 6.07) is 3.81. The van der Waals surface area contributed by atoms with Gasteiger partial charge in [-0.3, -0.25) is 4.79 Å². The number of thiophene rings is 1. The molecule has 0 amide bonds. The van der Waals surface area contributed by atoms with Crippen molar-refractivity contribution in [3.63, 3.8) is 0 Å². The lowest BCUT2D eigenvalue weighted by Gasteiger charge is -2.16. The zero-order chi connectivity index (χ0) is 10.8. The van der Waals surface area contributed by atoms with E-state index in [4.69, 9.17) is 0 Å². The van der Waals surface area contributed by atoms with Gasteiger partial charge in [0.05, 0.1) is 8.66 Å². The molecule has 0 bridgehead atoms. The van der Waals surface area contributed by atoms with Crippen LogP contribution in [0.1, 0.15) is 43.3 Å². The summed E-state index contributed by atoms with van der Waals surface area (Å²) in [5.74, 6) is 0.260. The Balaban J connectivity index is 2.52. The number of carbonyl (C=O) groups excluding carboxylic acids is 1. The molecule has 0 fully saturated rings. The largest absolute Gasteiger partial charge is 0.293 e. The Morgan fingerprint density at radius 3 is 2.50 bits per heavy atom. The predicted molar refractivity (Wildman–Crippen MR) is 65.0 cm³/mol. The third-order valence-corrected chi connectivity index (χ3v) is 3.61. The SMILES string of the molecule is CC(C)(C)CCC(=O)c1ccc(Br)s1. The number of ketones is 1. The van der Waals surface area contributed by atoms with Crippen LogP contribution in [0.2, 0.25) is 0 Å². The lowest BCUT2D eigenvalue weighted by Crippen LogP contribution is -2.08. The number of rotatable bonds is 3. The summed E-state index contributed by atoms with van der Waals surface area (Å²) in [5.41, 5.74) is 0.240. The molecule has 1 aromatic heterocycles. The average molecular weight is 275 g/mol. The van der Waals surface area contributed by atoms with E-state index in [-0.39, 0.29) is 11.2 Å². The van der Waals surface area contributed by atoms with E-state index in [1.54, 1.807) is 0 Å². The Bertz CT molecular complexity index is 322. The Labute approximate surface area is 97.7 Å². The monoisotopic (exact) mass is 274 g/mol. The third kappa shape index (κ3) is 3.93. The summed E-state index contributed by atoms with van der Waals surface area (Å²) in [5, 5.41) is 0. The molecule has 1 rings (SSSR count). The first kappa shape index (κ1) is 11.9. The molecule has 1 aromatic rings. The van der Waals surface area contributed by atoms with Crippen molar-refractivity contribution >= 4 is 33.0 Å². The first-order chi connectivity index (χ1) is 6.38. The van der Waals surface area contributed by atoms with Crippen molar-refractivity contribution in [2.75, 3.05) is 0 Å². The van der Waals surface area contributed by atoms with Crippen LogP contribution in [-0.4, -0.2) is 5.78 Å². The molecule has 0 aliphatic heterocycles. The molecule has 0 aliphatic carbocycles. The van der Waals surface area contributed by atoms with E-state index in [1.807, 2.05) is 12.1 Å². The van der Waals surface area contributed by atoms with E-state index in [0.717, 1.165) is 15.1 Å². The minimum absolute atomic E-state index is 0.240. The molecule has 78 valence electrons. The van der Waals surface area contributed by atoms with Gasteiger partial charge >= 0.3 is 0 Å². The number of halogens is 1. The first-order valence-electron chi connectivity index (χ1n) is 4.67. The second kappa shape index (κ2) is 4.58. The summed E-state index contributed by atoms with van der Waals surface area (Å²) in [6.07, 6.45) is 1.60. The van der Waals surface area contributed by atoms with Gasteiger partial charge in [0.25, 0.3) is 0 Å². The van der Waals surface area contributed by atoms with Gasteiger partial charge in [-0.05, 0) is 39.9 Å². The molecule has 3 heteroatoms. The molecule has 0 radical (unpaired) electrons. The van der Waals surface area contributed by atoms with Crippen LogP contribution in [0.3, 0.4) is 0 Å². The molecule has 0 saturated carbocycles. The topological polar surface area (TPSA) is 17.1 Å². The van der Waals surface area contributed by atoms with E-state index in [1.165, 1.54) is 11.3 Å². The minimum Gasteiger partial charge on any atom is -0.293 e. The van der Waals surface area contributed by atoms with Crippen LogP contribution in [-0.2, 0) is 0 Å². The Hall–Kier alpha value is -0.150. The van der Waals surface area contributed by atoms with E-state index < -0.39 is 0 Å². The molecular formula is C11H15BrOS. The third-order valence-electron chi connectivity index (χ3n) is 1.95. The van der Waals surface area contributed by atoms with Gasteiger partial charge in [-0.1, -0.05) is 20.8 Å². The van der Waals surface area contributed by atoms with Gasteiger partial charge in [0.2, 0.25) is 0 Å². The molecule has 0 N–H and O–H groups in total. The van der Waals surface area contributed by atoms with Crippen molar-refractivity contribution in [2.24, 2.45) is 5.41 Å². The van der Waals surface area contributed by atoms with Crippen LogP contribution < -0.4 is 0 Å². The van der Waals surface area contributed by atoms with Gasteiger partial charge in [0, 0.05) is 6.42 Å². The van der Waals surface area contributed by atoms with E-state index in [0.29, 0.717) is 6.42 Å². The van der Waals surface area contributed by atoms with Crippen molar-refractivity contribution in [2.45, 2.75) is 33.6 Å². The van der Waals surface area contributed by atoms with Crippen LogP contribution in [0.4, 0.5) is 0 Å². The van der Waals surface area contributed by atoms with Gasteiger partial charge < -0.3 is 0 Å². The highest BCUT2D eigenvalue weighted by Crippen LogP contribution is 2.26. The maximum absolute atomic E-state index is 11.7. The van der Waals surface area contributed by atoms with Crippen LogP contribution in [0, 0.1) is 5.41 Å². The standard InChI is InChI=1S/C11H15BrOS/c1-11(2,3)7-6-8(13)9-4-5-10(12)14-9/h4-5H,6-7H2,1-3H3. The molecule has 0 aliphatic rings. The van der Waals surface area contributed by atoms with E-state index in [2.05, 4.69) is 36.7 Å². The van der Waals surface area contributed by atoms with Crippen molar-refractivity contribution < 1.29 is 4.79 Å². The number of hydrogen-bond acceptors (Lipinski definition) is 2. The maximum Gasteiger partial charge on any atom is 0.172 e. The van der Waals surface area contributed by atoms with Crippen molar-refractivity contribution in [1.29, 1.82) is 0 Å². The Kier molecular flexibility index (Phi) is 3.90. The summed E-state index contributed by atoms with van der Waals surface area (Å²) in [7, 11) is 0. The molecule has 0 spiro atoms. The van der Waals surface area contributed by atoms with Crippen LogP contribution >= 0.6 is 27.3 Å². The predicted octanol–water partition coefficient (Wildman–Crippen LogP) is 4.52. The fourth-order valence-electron chi connectivity index (χ4n) is 1.08. The van der Waals surface area contributed by atoms with Crippen molar-refractivity contribution in [3.05, 3.63) is 20.8 Å². The summed E-state index contributed by atoms with van der Waals surface area (Å²) in [6.45, 7) is 6.47. The highest BCUT2D eigenvalue weighted by atomic mass is 79.9. The second-order valence-electron chi connectivity index (χ2n) is 4.59. The molecule has 0 saturated heterocycles. The van der Waals surface area contributed by atoms with Crippen molar-refractivity contribution in [3.8, 4) is 0 Å². The van der Waals surface area contributed by atoms with Gasteiger partial charge in [0.1, 0.15) is 0 Å². The molecule has 0 atom stereocenters. The van der Waals surface area contributed by atoms with E-state index in [9.17, 15) is 4.79 Å². The van der Waals surface area contributed by atoms with E-state index >= 15 is 0 Å². The van der Waals surface area contributed by atoms with Crippen LogP contribution in [0.25, 0.3) is 0 Å².